The highest BCUT2D eigenvalue weighted by Gasteiger charge is 2.17. The van der Waals surface area contributed by atoms with E-state index in [1.807, 2.05) is 6.92 Å². The van der Waals surface area contributed by atoms with Gasteiger partial charge < -0.3 is 19.3 Å². The molecule has 0 aliphatic carbocycles. The van der Waals surface area contributed by atoms with E-state index in [0.29, 0.717) is 25.6 Å². The third kappa shape index (κ3) is 5.48. The third-order valence-corrected chi connectivity index (χ3v) is 3.38. The molecule has 0 saturated heterocycles. The zero-order valence-corrected chi connectivity index (χ0v) is 14.3. The Kier molecular flexibility index (Phi) is 6.80. The lowest BCUT2D eigenvalue weighted by Gasteiger charge is -2.10. The second-order valence-corrected chi connectivity index (χ2v) is 5.34. The summed E-state index contributed by atoms with van der Waals surface area (Å²) in [6, 6.07) is 10.4. The summed E-state index contributed by atoms with van der Waals surface area (Å²) in [7, 11) is 0. The first-order chi connectivity index (χ1) is 12.0. The average Bonchev–Trinajstić information content (AvgIpc) is 2.60. The molecule has 0 aliphatic heterocycles. The average molecular weight is 365 g/mol. The van der Waals surface area contributed by atoms with Crippen LogP contribution in [0.2, 0.25) is 5.02 Å². The standard InChI is InChI=1S/C18H17ClO6/c1-2-23-8-9-24-14-5-3-4-12(10-14)18(22)25-16-7-6-13(19)11-15(16)17(20)21/h3-7,10-11H,2,8-9H2,1H3,(H,20,21). The maximum absolute atomic E-state index is 12.3. The number of halogens is 1. The van der Waals surface area contributed by atoms with Crippen LogP contribution in [0.25, 0.3) is 0 Å². The summed E-state index contributed by atoms with van der Waals surface area (Å²) in [4.78, 5) is 23.5. The Bertz CT molecular complexity index is 759. The van der Waals surface area contributed by atoms with E-state index in [9.17, 15) is 14.7 Å². The fourth-order valence-electron chi connectivity index (χ4n) is 1.99. The van der Waals surface area contributed by atoms with Gasteiger partial charge in [0.2, 0.25) is 0 Å². The molecule has 25 heavy (non-hydrogen) atoms. The Morgan fingerprint density at radius 1 is 1.12 bits per heavy atom. The molecule has 2 rings (SSSR count). The minimum Gasteiger partial charge on any atom is -0.491 e. The van der Waals surface area contributed by atoms with Crippen LogP contribution in [0, 0.1) is 0 Å². The molecule has 6 nitrogen and oxygen atoms in total. The SMILES string of the molecule is CCOCCOc1cccc(C(=O)Oc2ccc(Cl)cc2C(=O)O)c1. The number of hydrogen-bond acceptors (Lipinski definition) is 5. The van der Waals surface area contributed by atoms with Gasteiger partial charge in [-0.1, -0.05) is 17.7 Å². The number of carbonyl (C=O) groups is 2. The lowest BCUT2D eigenvalue weighted by atomic mass is 10.2. The zero-order chi connectivity index (χ0) is 18.2. The molecule has 0 heterocycles. The van der Waals surface area contributed by atoms with Crippen LogP contribution in [0.4, 0.5) is 0 Å². The van der Waals surface area contributed by atoms with Gasteiger partial charge in [-0.3, -0.25) is 0 Å². The summed E-state index contributed by atoms with van der Waals surface area (Å²) in [6.07, 6.45) is 0. The van der Waals surface area contributed by atoms with Crippen molar-refractivity contribution in [1.29, 1.82) is 0 Å². The molecule has 0 fully saturated rings. The number of carboxylic acids is 1. The van der Waals surface area contributed by atoms with Crippen LogP contribution in [0.5, 0.6) is 11.5 Å². The fourth-order valence-corrected chi connectivity index (χ4v) is 2.16. The molecular weight excluding hydrogens is 348 g/mol. The summed E-state index contributed by atoms with van der Waals surface area (Å²) in [6.45, 7) is 3.28. The largest absolute Gasteiger partial charge is 0.491 e. The van der Waals surface area contributed by atoms with Crippen LogP contribution in [-0.4, -0.2) is 36.9 Å². The molecule has 0 bridgehead atoms. The van der Waals surface area contributed by atoms with E-state index in [-0.39, 0.29) is 21.9 Å². The first-order valence-corrected chi connectivity index (χ1v) is 7.94. The highest BCUT2D eigenvalue weighted by Crippen LogP contribution is 2.24. The van der Waals surface area contributed by atoms with Crippen molar-refractivity contribution in [2.75, 3.05) is 19.8 Å². The number of hydrogen-bond donors (Lipinski definition) is 1. The Morgan fingerprint density at radius 2 is 1.92 bits per heavy atom. The quantitative estimate of drug-likeness (QED) is 0.437. The molecule has 0 spiro atoms. The van der Waals surface area contributed by atoms with Gasteiger partial charge in [-0.25, -0.2) is 9.59 Å². The van der Waals surface area contributed by atoms with Crippen LogP contribution in [-0.2, 0) is 4.74 Å². The molecule has 0 aliphatic rings. The molecule has 0 aromatic heterocycles. The molecule has 0 amide bonds. The Balaban J connectivity index is 2.10. The molecule has 0 radical (unpaired) electrons. The van der Waals surface area contributed by atoms with Gasteiger partial charge in [-0.2, -0.15) is 0 Å². The van der Waals surface area contributed by atoms with Crippen LogP contribution >= 0.6 is 11.6 Å². The van der Waals surface area contributed by atoms with E-state index in [4.69, 9.17) is 25.8 Å². The highest BCUT2D eigenvalue weighted by molar-refractivity contribution is 6.31. The van der Waals surface area contributed by atoms with Gasteiger partial charge in [0.05, 0.1) is 12.2 Å². The fraction of sp³-hybridized carbons (Fsp3) is 0.222. The second kappa shape index (κ2) is 9.05. The molecule has 0 atom stereocenters. The van der Waals surface area contributed by atoms with E-state index in [1.54, 1.807) is 18.2 Å². The van der Waals surface area contributed by atoms with Crippen molar-refractivity contribution in [1.82, 2.24) is 0 Å². The summed E-state index contributed by atoms with van der Waals surface area (Å²) in [5.41, 5.74) is 0.0465. The topological polar surface area (TPSA) is 82.1 Å². The first kappa shape index (κ1) is 18.8. The van der Waals surface area contributed by atoms with Crippen molar-refractivity contribution in [3.63, 3.8) is 0 Å². The second-order valence-electron chi connectivity index (χ2n) is 4.91. The van der Waals surface area contributed by atoms with Crippen LogP contribution in [0.15, 0.2) is 42.5 Å². The minimum absolute atomic E-state index is 0.0791. The van der Waals surface area contributed by atoms with E-state index in [1.165, 1.54) is 24.3 Å². The van der Waals surface area contributed by atoms with Crippen molar-refractivity contribution in [3.8, 4) is 11.5 Å². The van der Waals surface area contributed by atoms with E-state index in [2.05, 4.69) is 0 Å². The molecule has 7 heteroatoms. The Labute approximate surface area is 149 Å². The molecule has 1 N–H and O–H groups in total. The van der Waals surface area contributed by atoms with Crippen molar-refractivity contribution >= 4 is 23.5 Å². The number of carboxylic acid groups (broad SMARTS) is 1. The summed E-state index contributed by atoms with van der Waals surface area (Å²) in [5, 5.41) is 9.41. The van der Waals surface area contributed by atoms with Crippen molar-refractivity contribution in [3.05, 3.63) is 58.6 Å². The number of rotatable bonds is 8. The van der Waals surface area contributed by atoms with Gasteiger partial charge in [0, 0.05) is 11.6 Å². The minimum atomic E-state index is -1.24. The third-order valence-electron chi connectivity index (χ3n) is 3.14. The van der Waals surface area contributed by atoms with E-state index in [0.717, 1.165) is 0 Å². The van der Waals surface area contributed by atoms with Gasteiger partial charge in [-0.15, -0.1) is 0 Å². The highest BCUT2D eigenvalue weighted by atomic mass is 35.5. The zero-order valence-electron chi connectivity index (χ0n) is 13.5. The summed E-state index contributed by atoms with van der Waals surface area (Å²) in [5.74, 6) is -1.52. The summed E-state index contributed by atoms with van der Waals surface area (Å²) < 4.78 is 15.8. The monoisotopic (exact) mass is 364 g/mol. The predicted molar refractivity (Wildman–Crippen MR) is 91.8 cm³/mol. The number of ether oxygens (including phenoxy) is 3. The van der Waals surface area contributed by atoms with E-state index >= 15 is 0 Å². The van der Waals surface area contributed by atoms with Crippen LogP contribution < -0.4 is 9.47 Å². The normalized spacial score (nSPS) is 10.3. The lowest BCUT2D eigenvalue weighted by Crippen LogP contribution is -2.12. The van der Waals surface area contributed by atoms with Crippen molar-refractivity contribution < 1.29 is 28.9 Å². The number of carbonyl (C=O) groups excluding carboxylic acids is 1. The first-order valence-electron chi connectivity index (χ1n) is 7.57. The summed E-state index contributed by atoms with van der Waals surface area (Å²) >= 11 is 5.78. The molecule has 0 saturated carbocycles. The predicted octanol–water partition coefficient (Wildman–Crippen LogP) is 3.67. The van der Waals surface area contributed by atoms with Crippen molar-refractivity contribution in [2.45, 2.75) is 6.92 Å². The van der Waals surface area contributed by atoms with Gasteiger partial charge >= 0.3 is 11.9 Å². The molecule has 132 valence electrons. The van der Waals surface area contributed by atoms with Gasteiger partial charge in [-0.05, 0) is 43.3 Å². The maximum Gasteiger partial charge on any atom is 0.343 e. The molecular formula is C18H17ClO6. The number of benzene rings is 2. The van der Waals surface area contributed by atoms with Gasteiger partial charge in [0.1, 0.15) is 23.7 Å². The van der Waals surface area contributed by atoms with Gasteiger partial charge in [0.15, 0.2) is 0 Å². The van der Waals surface area contributed by atoms with Crippen molar-refractivity contribution in [2.24, 2.45) is 0 Å². The Hall–Kier alpha value is -2.57. The number of esters is 1. The lowest BCUT2D eigenvalue weighted by molar-refractivity contribution is 0.0681. The molecule has 0 unspecified atom stereocenters. The Morgan fingerprint density at radius 3 is 2.64 bits per heavy atom. The maximum atomic E-state index is 12.3. The van der Waals surface area contributed by atoms with Crippen LogP contribution in [0.1, 0.15) is 27.6 Å². The van der Waals surface area contributed by atoms with E-state index < -0.39 is 11.9 Å². The van der Waals surface area contributed by atoms with Crippen LogP contribution in [0.3, 0.4) is 0 Å². The molecule has 2 aromatic carbocycles. The van der Waals surface area contributed by atoms with Gasteiger partial charge in [0.25, 0.3) is 0 Å². The molecule has 2 aromatic rings. The number of aromatic carboxylic acids is 1. The smallest absolute Gasteiger partial charge is 0.343 e.